The summed E-state index contributed by atoms with van der Waals surface area (Å²) in [4.78, 5) is 13.3. The van der Waals surface area contributed by atoms with Crippen LogP contribution in [-0.2, 0) is 4.79 Å². The van der Waals surface area contributed by atoms with E-state index >= 15 is 0 Å². The van der Waals surface area contributed by atoms with Gasteiger partial charge in [-0.15, -0.1) is 10.2 Å². The van der Waals surface area contributed by atoms with E-state index in [-0.39, 0.29) is 17.7 Å². The predicted molar refractivity (Wildman–Crippen MR) is 112 cm³/mol. The molecule has 138 valence electrons. The van der Waals surface area contributed by atoms with Crippen molar-refractivity contribution in [3.8, 4) is 0 Å². The second-order valence-corrected chi connectivity index (χ2v) is 8.43. The number of benzene rings is 2. The minimum absolute atomic E-state index is 0.0296. The molecule has 0 saturated carbocycles. The third-order valence-electron chi connectivity index (χ3n) is 4.26. The number of carbonyl (C=O) groups is 1. The van der Waals surface area contributed by atoms with E-state index in [4.69, 9.17) is 11.6 Å². The van der Waals surface area contributed by atoms with E-state index in [0.29, 0.717) is 5.02 Å². The molecule has 0 aliphatic carbocycles. The van der Waals surface area contributed by atoms with E-state index in [1.54, 1.807) is 11.3 Å². The number of nitrogens with one attached hydrogen (secondary N) is 1. The van der Waals surface area contributed by atoms with Crippen LogP contribution in [0.1, 0.15) is 24.9 Å². The number of halogens is 1. The molecule has 2 aromatic heterocycles. The number of amides is 1. The molecular formula is C19H17ClN4OS2. The van der Waals surface area contributed by atoms with E-state index in [1.165, 1.54) is 11.8 Å². The van der Waals surface area contributed by atoms with Crippen LogP contribution in [0, 0.1) is 0 Å². The second kappa shape index (κ2) is 7.88. The molecule has 2 aromatic carbocycles. The van der Waals surface area contributed by atoms with E-state index in [0.717, 1.165) is 32.3 Å². The zero-order valence-corrected chi connectivity index (χ0v) is 16.9. The van der Waals surface area contributed by atoms with Gasteiger partial charge < -0.3 is 5.32 Å². The first-order valence-electron chi connectivity index (χ1n) is 8.56. The van der Waals surface area contributed by atoms with Gasteiger partial charge in [0.2, 0.25) is 10.9 Å². The highest BCUT2D eigenvalue weighted by atomic mass is 35.5. The summed E-state index contributed by atoms with van der Waals surface area (Å²) in [7, 11) is 0. The molecule has 2 heterocycles. The summed E-state index contributed by atoms with van der Waals surface area (Å²) in [5.74, 6) is 0.257. The van der Waals surface area contributed by atoms with Crippen LogP contribution in [0.15, 0.2) is 53.7 Å². The minimum atomic E-state index is -0.0317. The topological polar surface area (TPSA) is 59.3 Å². The molecule has 27 heavy (non-hydrogen) atoms. The van der Waals surface area contributed by atoms with Crippen LogP contribution in [0.4, 0.5) is 0 Å². The van der Waals surface area contributed by atoms with Gasteiger partial charge in [0, 0.05) is 5.02 Å². The summed E-state index contributed by atoms with van der Waals surface area (Å²) in [5.41, 5.74) is 2.12. The highest BCUT2D eigenvalue weighted by Gasteiger charge is 2.16. The maximum absolute atomic E-state index is 12.5. The molecule has 0 radical (unpaired) electrons. The maximum atomic E-state index is 12.5. The molecule has 1 atom stereocenters. The van der Waals surface area contributed by atoms with Crippen molar-refractivity contribution in [3.63, 3.8) is 0 Å². The first-order chi connectivity index (χ1) is 13.2. The Morgan fingerprint density at radius 3 is 2.78 bits per heavy atom. The number of thiazole rings is 1. The monoisotopic (exact) mass is 416 g/mol. The highest BCUT2D eigenvalue weighted by Crippen LogP contribution is 2.29. The van der Waals surface area contributed by atoms with Crippen LogP contribution in [0.2, 0.25) is 5.02 Å². The molecule has 0 saturated heterocycles. The number of aromatic nitrogens is 3. The van der Waals surface area contributed by atoms with Gasteiger partial charge in [-0.3, -0.25) is 9.20 Å². The molecule has 8 heteroatoms. The standard InChI is InChI=1S/C19H17ClN4OS2/c1-2-14(12-7-9-13(20)10-8-12)21-17(25)11-26-18-22-23-19-24(18)15-5-3-4-6-16(15)27-19/h3-10,14H,2,11H2,1H3,(H,21,25). The van der Waals surface area contributed by atoms with E-state index in [2.05, 4.69) is 21.6 Å². The number of carbonyl (C=O) groups excluding carboxylic acids is 1. The van der Waals surface area contributed by atoms with Crippen molar-refractivity contribution >= 4 is 55.8 Å². The molecule has 0 aliphatic rings. The lowest BCUT2D eigenvalue weighted by atomic mass is 10.0. The van der Waals surface area contributed by atoms with Crippen LogP contribution < -0.4 is 5.32 Å². The van der Waals surface area contributed by atoms with Gasteiger partial charge in [0.15, 0.2) is 5.16 Å². The lowest BCUT2D eigenvalue weighted by molar-refractivity contribution is -0.119. The quantitative estimate of drug-likeness (QED) is 0.451. The summed E-state index contributed by atoms with van der Waals surface area (Å²) in [6, 6.07) is 15.7. The normalized spacial score (nSPS) is 12.5. The lowest BCUT2D eigenvalue weighted by Crippen LogP contribution is -2.29. The summed E-state index contributed by atoms with van der Waals surface area (Å²) in [6.45, 7) is 2.05. The number of hydrogen-bond donors (Lipinski definition) is 1. The molecule has 1 unspecified atom stereocenters. The Balaban J connectivity index is 1.46. The van der Waals surface area contributed by atoms with Crippen LogP contribution in [-0.4, -0.2) is 26.3 Å². The Bertz CT molecular complexity index is 1090. The number of rotatable bonds is 6. The Labute approximate surface area is 169 Å². The zero-order chi connectivity index (χ0) is 18.8. The van der Waals surface area contributed by atoms with Gasteiger partial charge in [0.05, 0.1) is 22.0 Å². The first kappa shape index (κ1) is 18.3. The molecular weight excluding hydrogens is 400 g/mol. The first-order valence-corrected chi connectivity index (χ1v) is 10.7. The van der Waals surface area contributed by atoms with Crippen molar-refractivity contribution in [2.75, 3.05) is 5.75 Å². The molecule has 0 bridgehead atoms. The van der Waals surface area contributed by atoms with Crippen molar-refractivity contribution in [2.24, 2.45) is 0 Å². The summed E-state index contributed by atoms with van der Waals surface area (Å²) >= 11 is 8.94. The number of nitrogens with zero attached hydrogens (tertiary/aromatic N) is 3. The average Bonchev–Trinajstić information content (AvgIpc) is 3.24. The number of para-hydroxylation sites is 1. The van der Waals surface area contributed by atoms with Crippen LogP contribution in [0.25, 0.3) is 15.2 Å². The number of fused-ring (bicyclic) bond motifs is 3. The van der Waals surface area contributed by atoms with Crippen molar-refractivity contribution in [3.05, 3.63) is 59.1 Å². The summed E-state index contributed by atoms with van der Waals surface area (Å²) in [6.07, 6.45) is 0.808. The van der Waals surface area contributed by atoms with Gasteiger partial charge in [-0.05, 0) is 36.2 Å². The lowest BCUT2D eigenvalue weighted by Gasteiger charge is -2.17. The molecule has 0 aliphatic heterocycles. The SMILES string of the molecule is CCC(NC(=O)CSc1nnc2sc3ccccc3n12)c1ccc(Cl)cc1. The van der Waals surface area contributed by atoms with E-state index in [9.17, 15) is 4.79 Å². The van der Waals surface area contributed by atoms with Crippen LogP contribution >= 0.6 is 34.7 Å². The fourth-order valence-electron chi connectivity index (χ4n) is 2.93. The molecule has 1 N–H and O–H groups in total. The van der Waals surface area contributed by atoms with Gasteiger partial charge in [0.1, 0.15) is 0 Å². The van der Waals surface area contributed by atoms with Crippen molar-refractivity contribution in [1.29, 1.82) is 0 Å². The van der Waals surface area contributed by atoms with Gasteiger partial charge in [-0.1, -0.05) is 65.9 Å². The molecule has 4 aromatic rings. The van der Waals surface area contributed by atoms with Gasteiger partial charge >= 0.3 is 0 Å². The molecule has 0 fully saturated rings. The van der Waals surface area contributed by atoms with Crippen LogP contribution in [0.5, 0.6) is 0 Å². The number of hydrogen-bond acceptors (Lipinski definition) is 5. The Kier molecular flexibility index (Phi) is 5.33. The largest absolute Gasteiger partial charge is 0.349 e. The number of thioether (sulfide) groups is 1. The highest BCUT2D eigenvalue weighted by molar-refractivity contribution is 7.99. The van der Waals surface area contributed by atoms with Gasteiger partial charge in [-0.25, -0.2) is 0 Å². The van der Waals surface area contributed by atoms with E-state index in [1.807, 2.05) is 53.8 Å². The Morgan fingerprint density at radius 2 is 2.00 bits per heavy atom. The fourth-order valence-corrected chi connectivity index (χ4v) is 4.84. The zero-order valence-electron chi connectivity index (χ0n) is 14.6. The average molecular weight is 417 g/mol. The van der Waals surface area contributed by atoms with Crippen molar-refractivity contribution < 1.29 is 4.79 Å². The van der Waals surface area contributed by atoms with Crippen LogP contribution in [0.3, 0.4) is 0 Å². The Hall–Kier alpha value is -2.09. The van der Waals surface area contributed by atoms with Gasteiger partial charge in [-0.2, -0.15) is 0 Å². The smallest absolute Gasteiger partial charge is 0.230 e. The second-order valence-electron chi connectivity index (χ2n) is 6.04. The Morgan fingerprint density at radius 1 is 1.22 bits per heavy atom. The third-order valence-corrected chi connectivity index (χ3v) is 6.45. The maximum Gasteiger partial charge on any atom is 0.230 e. The molecule has 4 rings (SSSR count). The van der Waals surface area contributed by atoms with Crippen molar-refractivity contribution in [1.82, 2.24) is 19.9 Å². The van der Waals surface area contributed by atoms with E-state index < -0.39 is 0 Å². The minimum Gasteiger partial charge on any atom is -0.349 e. The van der Waals surface area contributed by atoms with Gasteiger partial charge in [0.25, 0.3) is 0 Å². The predicted octanol–water partition coefficient (Wildman–Crippen LogP) is 4.96. The summed E-state index contributed by atoms with van der Waals surface area (Å²) < 4.78 is 3.16. The third kappa shape index (κ3) is 3.81. The summed E-state index contributed by atoms with van der Waals surface area (Å²) in [5, 5.41) is 13.0. The van der Waals surface area contributed by atoms with Crippen molar-refractivity contribution in [2.45, 2.75) is 24.5 Å². The fraction of sp³-hybridized carbons (Fsp3) is 0.211. The molecule has 1 amide bonds. The molecule has 0 spiro atoms. The molecule has 5 nitrogen and oxygen atoms in total.